The van der Waals surface area contributed by atoms with Crippen LogP contribution in [0, 0.1) is 0 Å². The van der Waals surface area contributed by atoms with Crippen LogP contribution in [0.5, 0.6) is 0 Å². The second-order valence-corrected chi connectivity index (χ2v) is 9.18. The second-order valence-electron chi connectivity index (χ2n) is 6.11. The highest BCUT2D eigenvalue weighted by Crippen LogP contribution is 2.35. The van der Waals surface area contributed by atoms with Gasteiger partial charge in [0.1, 0.15) is 4.21 Å². The summed E-state index contributed by atoms with van der Waals surface area (Å²) in [6, 6.07) is 1.64. The maximum atomic E-state index is 12.7. The molecule has 9 heteroatoms. The maximum absolute atomic E-state index is 12.7. The van der Waals surface area contributed by atoms with Crippen molar-refractivity contribution in [2.75, 3.05) is 26.3 Å². The predicted molar refractivity (Wildman–Crippen MR) is 88.4 cm³/mol. The molecular weight excluding hydrogens is 350 g/mol. The minimum Gasteiger partial charge on any atom is -0.379 e. The summed E-state index contributed by atoms with van der Waals surface area (Å²) >= 11 is 1.19. The van der Waals surface area contributed by atoms with Gasteiger partial charge >= 0.3 is 0 Å². The van der Waals surface area contributed by atoms with E-state index in [1.54, 1.807) is 11.4 Å². The van der Waals surface area contributed by atoms with Crippen LogP contribution < -0.4 is 0 Å². The lowest BCUT2D eigenvalue weighted by atomic mass is 10.1. The summed E-state index contributed by atoms with van der Waals surface area (Å²) in [6.07, 6.45) is 4.56. The highest BCUT2D eigenvalue weighted by molar-refractivity contribution is 7.91. The summed E-state index contributed by atoms with van der Waals surface area (Å²) in [6.45, 7) is 1.66. The van der Waals surface area contributed by atoms with E-state index in [1.165, 1.54) is 28.5 Å². The number of aromatic nitrogens is 2. The van der Waals surface area contributed by atoms with E-state index in [0.717, 1.165) is 12.8 Å². The molecule has 2 aliphatic rings. The Morgan fingerprint density at radius 3 is 2.71 bits per heavy atom. The fourth-order valence-electron chi connectivity index (χ4n) is 3.17. The number of rotatable bonds is 4. The fraction of sp³-hybridized carbons (Fsp3) is 0.600. The lowest BCUT2D eigenvalue weighted by Gasteiger charge is -2.25. The van der Waals surface area contributed by atoms with Gasteiger partial charge in [-0.25, -0.2) is 8.42 Å². The molecule has 2 aromatic heterocycles. The number of ether oxygens (including phenoxy) is 1. The molecule has 0 aromatic carbocycles. The third-order valence-corrected chi connectivity index (χ3v) is 7.86. The Bertz CT molecular complexity index is 802. The lowest BCUT2D eigenvalue weighted by molar-refractivity contribution is 0.0731. The zero-order chi connectivity index (χ0) is 16.6. The third kappa shape index (κ3) is 3.01. The van der Waals surface area contributed by atoms with Crippen LogP contribution in [-0.2, 0) is 14.8 Å². The molecule has 0 radical (unpaired) electrons. The van der Waals surface area contributed by atoms with Crippen molar-refractivity contribution in [3.05, 3.63) is 17.3 Å². The highest BCUT2D eigenvalue weighted by atomic mass is 32.2. The van der Waals surface area contributed by atoms with Gasteiger partial charge in [0, 0.05) is 30.0 Å². The van der Waals surface area contributed by atoms with Crippen LogP contribution >= 0.6 is 11.3 Å². The largest absolute Gasteiger partial charge is 0.379 e. The Morgan fingerprint density at radius 2 is 1.96 bits per heavy atom. The van der Waals surface area contributed by atoms with Crippen molar-refractivity contribution in [2.45, 2.75) is 35.8 Å². The zero-order valence-electron chi connectivity index (χ0n) is 13.2. The van der Waals surface area contributed by atoms with Crippen molar-refractivity contribution in [3.63, 3.8) is 0 Å². The summed E-state index contributed by atoms with van der Waals surface area (Å²) < 4.78 is 37.7. The average molecular weight is 369 g/mol. The van der Waals surface area contributed by atoms with Crippen LogP contribution in [0.1, 0.15) is 37.5 Å². The number of morpholine rings is 1. The van der Waals surface area contributed by atoms with Gasteiger partial charge in [-0.3, -0.25) is 0 Å². The van der Waals surface area contributed by atoms with E-state index in [2.05, 4.69) is 10.1 Å². The van der Waals surface area contributed by atoms with Crippen molar-refractivity contribution in [1.82, 2.24) is 14.4 Å². The second kappa shape index (κ2) is 6.55. The molecule has 0 amide bonds. The first-order valence-corrected chi connectivity index (χ1v) is 10.5. The fourth-order valence-corrected chi connectivity index (χ4v) is 5.89. The quantitative estimate of drug-likeness (QED) is 0.823. The van der Waals surface area contributed by atoms with Gasteiger partial charge in [0.2, 0.25) is 11.7 Å². The topological polar surface area (TPSA) is 85.5 Å². The van der Waals surface area contributed by atoms with E-state index >= 15 is 0 Å². The first-order valence-electron chi connectivity index (χ1n) is 8.15. The van der Waals surface area contributed by atoms with Gasteiger partial charge in [-0.1, -0.05) is 18.0 Å². The van der Waals surface area contributed by atoms with Crippen molar-refractivity contribution >= 4 is 21.4 Å². The number of thiophene rings is 1. The average Bonchev–Trinajstić information content (AvgIpc) is 3.34. The number of nitrogens with zero attached hydrogens (tertiary/aromatic N) is 3. The molecule has 0 bridgehead atoms. The van der Waals surface area contributed by atoms with Crippen LogP contribution in [0.3, 0.4) is 0 Å². The Hall–Kier alpha value is -1.29. The van der Waals surface area contributed by atoms with Gasteiger partial charge < -0.3 is 9.26 Å². The monoisotopic (exact) mass is 369 g/mol. The molecule has 0 atom stereocenters. The van der Waals surface area contributed by atoms with E-state index in [9.17, 15) is 8.42 Å². The van der Waals surface area contributed by atoms with Gasteiger partial charge in [-0.15, -0.1) is 11.3 Å². The standard InChI is InChI=1S/C15H19N3O4S2/c19-24(20,18-5-7-21-8-6-18)13-9-12(10-23-13)14-16-15(22-17-14)11-3-1-2-4-11/h9-11H,1-8H2. The Kier molecular flexibility index (Phi) is 4.42. The molecule has 7 nitrogen and oxygen atoms in total. The summed E-state index contributed by atoms with van der Waals surface area (Å²) in [5, 5.41) is 5.81. The molecule has 1 saturated heterocycles. The Balaban J connectivity index is 1.56. The van der Waals surface area contributed by atoms with Crippen LogP contribution in [0.25, 0.3) is 11.4 Å². The van der Waals surface area contributed by atoms with E-state index in [0.29, 0.717) is 53.7 Å². The molecule has 0 N–H and O–H groups in total. The maximum Gasteiger partial charge on any atom is 0.252 e. The molecule has 1 aliphatic heterocycles. The van der Waals surface area contributed by atoms with E-state index in [1.807, 2.05) is 0 Å². The molecule has 0 spiro atoms. The number of hydrogen-bond donors (Lipinski definition) is 0. The van der Waals surface area contributed by atoms with Crippen molar-refractivity contribution in [3.8, 4) is 11.4 Å². The summed E-state index contributed by atoms with van der Waals surface area (Å²) in [7, 11) is -3.47. The van der Waals surface area contributed by atoms with Crippen LogP contribution in [0.2, 0.25) is 0 Å². The smallest absolute Gasteiger partial charge is 0.252 e. The van der Waals surface area contributed by atoms with Gasteiger partial charge in [0.25, 0.3) is 10.0 Å². The van der Waals surface area contributed by atoms with Gasteiger partial charge in [-0.05, 0) is 18.9 Å². The lowest BCUT2D eigenvalue weighted by Crippen LogP contribution is -2.40. The van der Waals surface area contributed by atoms with Crippen LogP contribution in [-0.4, -0.2) is 49.2 Å². The van der Waals surface area contributed by atoms with E-state index < -0.39 is 10.0 Å². The molecule has 3 heterocycles. The molecule has 2 aromatic rings. The van der Waals surface area contributed by atoms with Crippen molar-refractivity contribution in [2.24, 2.45) is 0 Å². The molecule has 1 saturated carbocycles. The van der Waals surface area contributed by atoms with Crippen molar-refractivity contribution < 1.29 is 17.7 Å². The third-order valence-electron chi connectivity index (χ3n) is 4.54. The Labute approximate surface area is 144 Å². The van der Waals surface area contributed by atoms with Gasteiger partial charge in [-0.2, -0.15) is 9.29 Å². The molecule has 24 heavy (non-hydrogen) atoms. The minimum atomic E-state index is -3.47. The normalized spacial score (nSPS) is 20.7. The van der Waals surface area contributed by atoms with Crippen LogP contribution in [0.4, 0.5) is 0 Å². The van der Waals surface area contributed by atoms with Gasteiger partial charge in [0.15, 0.2) is 0 Å². The van der Waals surface area contributed by atoms with E-state index in [4.69, 9.17) is 9.26 Å². The number of hydrogen-bond acceptors (Lipinski definition) is 7. The first-order chi connectivity index (χ1) is 11.6. The van der Waals surface area contributed by atoms with Gasteiger partial charge in [0.05, 0.1) is 13.2 Å². The molecule has 2 fully saturated rings. The summed E-state index contributed by atoms with van der Waals surface area (Å²) in [5.41, 5.74) is 0.694. The molecule has 130 valence electrons. The summed E-state index contributed by atoms with van der Waals surface area (Å²) in [4.78, 5) is 4.47. The molecular formula is C15H19N3O4S2. The summed E-state index contributed by atoms with van der Waals surface area (Å²) in [5.74, 6) is 1.49. The number of sulfonamides is 1. The SMILES string of the molecule is O=S(=O)(c1cc(-c2noc(C3CCCC3)n2)cs1)N1CCOCC1. The van der Waals surface area contributed by atoms with E-state index in [-0.39, 0.29) is 0 Å². The predicted octanol–water partition coefficient (Wildman–Crippen LogP) is 2.48. The molecule has 4 rings (SSSR count). The highest BCUT2D eigenvalue weighted by Gasteiger charge is 2.29. The Morgan fingerprint density at radius 1 is 1.21 bits per heavy atom. The van der Waals surface area contributed by atoms with Crippen LogP contribution in [0.15, 0.2) is 20.2 Å². The zero-order valence-corrected chi connectivity index (χ0v) is 14.8. The first kappa shape index (κ1) is 16.2. The molecule has 1 aliphatic carbocycles. The minimum absolute atomic E-state index is 0.312. The van der Waals surface area contributed by atoms with Crippen molar-refractivity contribution in [1.29, 1.82) is 0 Å². The molecule has 0 unspecified atom stereocenters.